The summed E-state index contributed by atoms with van der Waals surface area (Å²) >= 11 is 1.07. The molecule has 3 aromatic rings. The maximum Gasteiger partial charge on any atom is 0.316 e. The van der Waals surface area contributed by atoms with E-state index in [4.69, 9.17) is 15.9 Å². The number of carbonyl (C=O) groups is 1. The Labute approximate surface area is 210 Å². The number of carbonyl (C=O) groups excluding carboxylic acids is 1. The van der Waals surface area contributed by atoms with Crippen molar-refractivity contribution in [2.24, 2.45) is 10.9 Å². The van der Waals surface area contributed by atoms with Gasteiger partial charge in [-0.25, -0.2) is 9.48 Å². The normalized spacial score (nSPS) is 15.7. The molecule has 9 heteroatoms. The van der Waals surface area contributed by atoms with Crippen LogP contribution in [0, 0.1) is 0 Å². The van der Waals surface area contributed by atoms with Gasteiger partial charge in [0.25, 0.3) is 0 Å². The van der Waals surface area contributed by atoms with Crippen LogP contribution in [0.1, 0.15) is 68.7 Å². The molecular formula is C26H34N6O2S. The summed E-state index contributed by atoms with van der Waals surface area (Å²) in [6.45, 7) is 7.91. The monoisotopic (exact) mass is 494 g/mol. The Bertz CT molecular complexity index is 1230. The number of hydrogen-bond acceptors (Lipinski definition) is 6. The quantitative estimate of drug-likeness (QED) is 0.399. The molecule has 2 amide bonds. The van der Waals surface area contributed by atoms with Crippen molar-refractivity contribution in [3.05, 3.63) is 64.6 Å². The number of aliphatic hydroxyl groups is 1. The highest BCUT2D eigenvalue weighted by atomic mass is 32.2. The average molecular weight is 495 g/mol. The van der Waals surface area contributed by atoms with E-state index in [1.54, 1.807) is 24.6 Å². The predicted octanol–water partition coefficient (Wildman–Crippen LogP) is 4.35. The van der Waals surface area contributed by atoms with Crippen molar-refractivity contribution in [2.45, 2.75) is 75.8 Å². The van der Waals surface area contributed by atoms with E-state index in [9.17, 15) is 9.90 Å². The summed E-state index contributed by atoms with van der Waals surface area (Å²) in [5, 5.41) is 23.5. The second-order valence-corrected chi connectivity index (χ2v) is 10.9. The minimum absolute atomic E-state index is 0.112. The van der Waals surface area contributed by atoms with E-state index in [1.165, 1.54) is 11.1 Å². The van der Waals surface area contributed by atoms with Crippen LogP contribution in [0.25, 0.3) is 5.69 Å². The summed E-state index contributed by atoms with van der Waals surface area (Å²) in [4.78, 5) is 16.1. The number of nitrogens with two attached hydrogens (primary N) is 2. The number of nitrogens with one attached hydrogen (secondary N) is 1. The number of aryl methyl sites for hydroxylation is 1. The number of anilines is 1. The van der Waals surface area contributed by atoms with Gasteiger partial charge in [-0.2, -0.15) is 5.10 Å². The smallest absolute Gasteiger partial charge is 0.316 e. The molecule has 0 spiro atoms. The number of pyridine rings is 1. The number of nitrogens with zero attached hydrogens (tertiary/aromatic N) is 3. The summed E-state index contributed by atoms with van der Waals surface area (Å²) in [5.41, 5.74) is 11.8. The van der Waals surface area contributed by atoms with Gasteiger partial charge >= 0.3 is 6.03 Å². The first-order chi connectivity index (χ1) is 16.5. The zero-order valence-corrected chi connectivity index (χ0v) is 21.6. The summed E-state index contributed by atoms with van der Waals surface area (Å²) in [5.74, 6) is 0. The molecule has 8 nitrogen and oxygen atoms in total. The van der Waals surface area contributed by atoms with Gasteiger partial charge < -0.3 is 16.2 Å². The highest BCUT2D eigenvalue weighted by Crippen LogP contribution is 2.44. The number of aromatic nitrogens is 3. The molecule has 0 radical (unpaired) electrons. The molecule has 2 heterocycles. The molecule has 0 bridgehead atoms. The molecule has 2 aromatic heterocycles. The summed E-state index contributed by atoms with van der Waals surface area (Å²) in [6.07, 6.45) is 5.22. The minimum Gasteiger partial charge on any atom is -0.384 e. The van der Waals surface area contributed by atoms with Gasteiger partial charge in [-0.1, -0.05) is 32.0 Å². The second kappa shape index (κ2) is 9.64. The molecule has 0 atom stereocenters. The Morgan fingerprint density at radius 1 is 1.17 bits per heavy atom. The van der Waals surface area contributed by atoms with Gasteiger partial charge in [-0.05, 0) is 87.2 Å². The van der Waals surface area contributed by atoms with E-state index in [-0.39, 0.29) is 5.41 Å². The average Bonchev–Trinajstić information content (AvgIpc) is 3.52. The highest BCUT2D eigenvalue weighted by Gasteiger charge is 2.36. The number of rotatable bonds is 4. The largest absolute Gasteiger partial charge is 0.384 e. The van der Waals surface area contributed by atoms with Gasteiger partial charge in [0.15, 0.2) is 0 Å². The van der Waals surface area contributed by atoms with E-state index in [1.807, 2.05) is 30.3 Å². The lowest BCUT2D eigenvalue weighted by atomic mass is 9.90. The third-order valence-corrected chi connectivity index (χ3v) is 7.09. The van der Waals surface area contributed by atoms with E-state index < -0.39 is 11.6 Å². The fourth-order valence-electron chi connectivity index (χ4n) is 4.88. The number of hydrogen-bond donors (Lipinski definition) is 4. The number of urea groups is 1. The Morgan fingerprint density at radius 3 is 2.51 bits per heavy atom. The van der Waals surface area contributed by atoms with Gasteiger partial charge in [-0.3, -0.25) is 10.1 Å². The van der Waals surface area contributed by atoms with Crippen LogP contribution in [0.5, 0.6) is 0 Å². The molecule has 0 unspecified atom stereocenters. The van der Waals surface area contributed by atoms with Gasteiger partial charge in [0, 0.05) is 11.1 Å². The van der Waals surface area contributed by atoms with Crippen molar-refractivity contribution in [1.29, 1.82) is 0 Å². The molecule has 0 aliphatic heterocycles. The van der Waals surface area contributed by atoms with E-state index in [0.29, 0.717) is 5.03 Å². The van der Waals surface area contributed by atoms with Crippen molar-refractivity contribution in [3.63, 3.8) is 0 Å². The van der Waals surface area contributed by atoms with Crippen LogP contribution in [0.15, 0.2) is 41.4 Å². The highest BCUT2D eigenvalue weighted by molar-refractivity contribution is 7.97. The first kappa shape index (κ1) is 25.2. The molecule has 0 saturated carbocycles. The van der Waals surface area contributed by atoms with Gasteiger partial charge in [0.1, 0.15) is 10.6 Å². The van der Waals surface area contributed by atoms with Crippen LogP contribution >= 0.6 is 11.9 Å². The van der Waals surface area contributed by atoms with E-state index in [0.717, 1.165) is 72.5 Å². The molecule has 2 aliphatic carbocycles. The van der Waals surface area contributed by atoms with Gasteiger partial charge in [-0.15, -0.1) is 0 Å². The molecule has 2 aliphatic rings. The van der Waals surface area contributed by atoms with Crippen molar-refractivity contribution in [2.75, 3.05) is 5.32 Å². The SMILES string of the molecule is CC(C)(O)c1cc(SN)nn1-c1ccccc1.CC1(C)CCc2c1nc1c(c2NC(N)=O)CCC1. The third kappa shape index (κ3) is 5.22. The topological polar surface area (TPSA) is 132 Å². The first-order valence-corrected chi connectivity index (χ1v) is 12.8. The van der Waals surface area contributed by atoms with Crippen LogP contribution in [0.4, 0.5) is 10.5 Å². The molecule has 5 rings (SSSR count). The summed E-state index contributed by atoms with van der Waals surface area (Å²) in [7, 11) is 0. The lowest BCUT2D eigenvalue weighted by Crippen LogP contribution is -2.22. The number of amides is 2. The Balaban J connectivity index is 0.000000165. The zero-order chi connectivity index (χ0) is 25.4. The first-order valence-electron chi connectivity index (χ1n) is 11.9. The zero-order valence-electron chi connectivity index (χ0n) is 20.8. The maximum atomic E-state index is 11.2. The van der Waals surface area contributed by atoms with Crippen LogP contribution < -0.4 is 16.2 Å². The maximum absolute atomic E-state index is 11.2. The summed E-state index contributed by atoms with van der Waals surface area (Å²) < 4.78 is 1.72. The fourth-order valence-corrected chi connectivity index (χ4v) is 5.18. The van der Waals surface area contributed by atoms with E-state index in [2.05, 4.69) is 24.3 Å². The molecule has 186 valence electrons. The standard InChI is InChI=1S/C14H19N3O.C12H15N3OS/c1-14(2)7-6-9-11(17-13(15)18)8-4-3-5-10(8)16-12(9)14;1-12(2,16)10-8-11(17-13)14-15(10)9-6-4-3-5-7-9/h3-7H2,1-2H3,(H3,15,16,17,18);3-8,16H,13H2,1-2H3. The molecule has 0 saturated heterocycles. The molecule has 1 aromatic carbocycles. The minimum atomic E-state index is -0.961. The lowest BCUT2D eigenvalue weighted by Gasteiger charge is -2.20. The van der Waals surface area contributed by atoms with Crippen LogP contribution in [0.2, 0.25) is 0 Å². The van der Waals surface area contributed by atoms with Crippen LogP contribution in [-0.4, -0.2) is 25.9 Å². The molecule has 6 N–H and O–H groups in total. The third-order valence-electron chi connectivity index (χ3n) is 6.65. The fraction of sp³-hybridized carbons (Fsp3) is 0.423. The van der Waals surface area contributed by atoms with Crippen LogP contribution in [-0.2, 0) is 30.3 Å². The Hall–Kier alpha value is -2.88. The number of fused-ring (bicyclic) bond motifs is 2. The Morgan fingerprint density at radius 2 is 1.89 bits per heavy atom. The van der Waals surface area contributed by atoms with E-state index >= 15 is 0 Å². The summed E-state index contributed by atoms with van der Waals surface area (Å²) in [6, 6.07) is 11.0. The van der Waals surface area contributed by atoms with Crippen molar-refractivity contribution in [3.8, 4) is 5.69 Å². The Kier molecular flexibility index (Phi) is 6.95. The molecule has 35 heavy (non-hydrogen) atoms. The van der Waals surface area contributed by atoms with Crippen molar-refractivity contribution in [1.82, 2.24) is 14.8 Å². The van der Waals surface area contributed by atoms with Gasteiger partial charge in [0.2, 0.25) is 0 Å². The second-order valence-electron chi connectivity index (χ2n) is 10.3. The lowest BCUT2D eigenvalue weighted by molar-refractivity contribution is 0.0711. The van der Waals surface area contributed by atoms with Gasteiger partial charge in [0.05, 0.1) is 22.8 Å². The number of para-hydroxylation sites is 1. The molecule has 0 fully saturated rings. The number of benzene rings is 1. The van der Waals surface area contributed by atoms with Crippen molar-refractivity contribution < 1.29 is 9.90 Å². The predicted molar refractivity (Wildman–Crippen MR) is 140 cm³/mol. The van der Waals surface area contributed by atoms with Crippen LogP contribution in [0.3, 0.4) is 0 Å². The molecular weight excluding hydrogens is 460 g/mol. The van der Waals surface area contributed by atoms with Crippen molar-refractivity contribution >= 4 is 23.7 Å². The number of primary amides is 1.